The van der Waals surface area contributed by atoms with Crippen LogP contribution in [0.5, 0.6) is 0 Å². The quantitative estimate of drug-likeness (QED) is 0.500. The van der Waals surface area contributed by atoms with Crippen molar-refractivity contribution >= 4 is 28.8 Å². The summed E-state index contributed by atoms with van der Waals surface area (Å²) in [5, 5.41) is 10.8. The first kappa shape index (κ1) is 16.8. The molecule has 0 aliphatic heterocycles. The molecular formula is C16H18N4O2S. The Labute approximate surface area is 139 Å². The van der Waals surface area contributed by atoms with Crippen molar-refractivity contribution < 1.29 is 9.63 Å². The summed E-state index contributed by atoms with van der Waals surface area (Å²) in [6.45, 7) is 9.56. The van der Waals surface area contributed by atoms with Crippen LogP contribution in [0.4, 0.5) is 5.69 Å². The number of hydrogen-bond donors (Lipinski definition) is 1. The van der Waals surface area contributed by atoms with E-state index in [0.717, 1.165) is 22.7 Å². The van der Waals surface area contributed by atoms with E-state index in [1.807, 2.05) is 38.1 Å². The summed E-state index contributed by atoms with van der Waals surface area (Å²) in [5.74, 6) is -0.236. The Morgan fingerprint density at radius 3 is 2.78 bits per heavy atom. The summed E-state index contributed by atoms with van der Waals surface area (Å²) in [6, 6.07) is 7.41. The number of carbonyl (C=O) groups excluding carboxylic acids is 1. The maximum Gasteiger partial charge on any atom is 0.269 e. The minimum Gasteiger partial charge on any atom is -0.391 e. The molecule has 0 atom stereocenters. The summed E-state index contributed by atoms with van der Waals surface area (Å²) in [4.78, 5) is 18.0. The van der Waals surface area contributed by atoms with Crippen molar-refractivity contribution in [3.8, 4) is 0 Å². The van der Waals surface area contributed by atoms with Gasteiger partial charge in [-0.3, -0.25) is 4.79 Å². The molecule has 23 heavy (non-hydrogen) atoms. The van der Waals surface area contributed by atoms with Crippen LogP contribution in [0.3, 0.4) is 0 Å². The van der Waals surface area contributed by atoms with Gasteiger partial charge in [0, 0.05) is 5.56 Å². The average molecular weight is 330 g/mol. The number of benzene rings is 1. The van der Waals surface area contributed by atoms with Crippen molar-refractivity contribution in [1.82, 2.24) is 9.59 Å². The average Bonchev–Trinajstić information content (AvgIpc) is 2.93. The maximum atomic E-state index is 12.3. The van der Waals surface area contributed by atoms with Gasteiger partial charge in [0.25, 0.3) is 5.91 Å². The highest BCUT2D eigenvalue weighted by molar-refractivity contribution is 7.08. The Hall–Kier alpha value is -2.54. The zero-order chi connectivity index (χ0) is 16.8. The first-order chi connectivity index (χ1) is 11.0. The Morgan fingerprint density at radius 2 is 2.13 bits per heavy atom. The minimum atomic E-state index is -0.236. The van der Waals surface area contributed by atoms with Gasteiger partial charge in [-0.25, -0.2) is 0 Å². The first-order valence-corrected chi connectivity index (χ1v) is 7.77. The lowest BCUT2D eigenvalue weighted by Gasteiger charge is -2.10. The van der Waals surface area contributed by atoms with E-state index >= 15 is 0 Å². The molecule has 0 saturated carbocycles. The standard InChI is InChI=1S/C16H18N4O2S/c1-10(2)9-22-19-11(3)13-7-5-6-8-14(13)17-16(21)15-12(4)18-20-23-15/h5-8H,1,9H2,2-4H3,(H,17,21)/b19-11+. The minimum absolute atomic E-state index is 0.236. The van der Waals surface area contributed by atoms with Crippen LogP contribution in [0.15, 0.2) is 41.6 Å². The van der Waals surface area contributed by atoms with Gasteiger partial charge < -0.3 is 10.2 Å². The molecule has 0 aliphatic carbocycles. The van der Waals surface area contributed by atoms with Crippen LogP contribution in [0, 0.1) is 6.92 Å². The molecule has 0 saturated heterocycles. The van der Waals surface area contributed by atoms with Gasteiger partial charge in [-0.2, -0.15) is 0 Å². The van der Waals surface area contributed by atoms with Crippen molar-refractivity contribution in [3.63, 3.8) is 0 Å². The number of aryl methyl sites for hydroxylation is 1. The van der Waals surface area contributed by atoms with Crippen LogP contribution in [0.1, 0.15) is 34.8 Å². The molecule has 0 fully saturated rings. The van der Waals surface area contributed by atoms with Gasteiger partial charge in [0.2, 0.25) is 0 Å². The molecule has 2 aromatic rings. The van der Waals surface area contributed by atoms with E-state index in [-0.39, 0.29) is 5.91 Å². The SMILES string of the molecule is C=C(C)CO/N=C(\C)c1ccccc1NC(=O)c1snnc1C. The summed E-state index contributed by atoms with van der Waals surface area (Å²) in [7, 11) is 0. The molecule has 7 heteroatoms. The Balaban J connectivity index is 2.19. The molecule has 6 nitrogen and oxygen atoms in total. The summed E-state index contributed by atoms with van der Waals surface area (Å²) in [5.41, 5.74) is 3.61. The third-order valence-electron chi connectivity index (χ3n) is 2.94. The lowest BCUT2D eigenvalue weighted by atomic mass is 10.1. The van der Waals surface area contributed by atoms with Crippen molar-refractivity contribution in [2.75, 3.05) is 11.9 Å². The fourth-order valence-corrected chi connectivity index (χ4v) is 2.37. The normalized spacial score (nSPS) is 11.2. The Morgan fingerprint density at radius 1 is 1.39 bits per heavy atom. The molecule has 0 unspecified atom stereocenters. The number of nitrogens with one attached hydrogen (secondary N) is 1. The van der Waals surface area contributed by atoms with E-state index in [1.54, 1.807) is 6.92 Å². The lowest BCUT2D eigenvalue weighted by molar-refractivity contribution is 0.103. The second-order valence-corrected chi connectivity index (χ2v) is 5.85. The van der Waals surface area contributed by atoms with Crippen molar-refractivity contribution in [3.05, 3.63) is 52.6 Å². The number of oxime groups is 1. The number of nitrogens with zero attached hydrogens (tertiary/aromatic N) is 3. The van der Waals surface area contributed by atoms with E-state index < -0.39 is 0 Å². The number of aromatic nitrogens is 2. The van der Waals surface area contributed by atoms with E-state index in [1.165, 1.54) is 0 Å². The monoisotopic (exact) mass is 330 g/mol. The second kappa shape index (κ2) is 7.64. The third-order valence-corrected chi connectivity index (χ3v) is 3.76. The highest BCUT2D eigenvalue weighted by Crippen LogP contribution is 2.19. The highest BCUT2D eigenvalue weighted by Gasteiger charge is 2.15. The lowest BCUT2D eigenvalue weighted by Crippen LogP contribution is -2.14. The molecular weight excluding hydrogens is 312 g/mol. The van der Waals surface area contributed by atoms with Gasteiger partial charge in [-0.15, -0.1) is 5.10 Å². The van der Waals surface area contributed by atoms with Crippen molar-refractivity contribution in [1.29, 1.82) is 0 Å². The smallest absolute Gasteiger partial charge is 0.269 e. The number of para-hydroxylation sites is 1. The van der Waals surface area contributed by atoms with Crippen molar-refractivity contribution in [2.45, 2.75) is 20.8 Å². The number of amides is 1. The first-order valence-electron chi connectivity index (χ1n) is 6.99. The van der Waals surface area contributed by atoms with Crippen LogP contribution in [-0.2, 0) is 4.84 Å². The molecule has 2 rings (SSSR count). The Bertz CT molecular complexity index is 752. The predicted molar refractivity (Wildman–Crippen MR) is 92.0 cm³/mol. The topological polar surface area (TPSA) is 76.5 Å². The van der Waals surface area contributed by atoms with Crippen LogP contribution in [0.2, 0.25) is 0 Å². The van der Waals surface area contributed by atoms with Crippen LogP contribution in [0.25, 0.3) is 0 Å². The largest absolute Gasteiger partial charge is 0.391 e. The summed E-state index contributed by atoms with van der Waals surface area (Å²) in [6.07, 6.45) is 0. The zero-order valence-corrected chi connectivity index (χ0v) is 14.1. The predicted octanol–water partition coefficient (Wildman–Crippen LogP) is 3.42. The molecule has 1 amide bonds. The molecule has 120 valence electrons. The molecule has 1 N–H and O–H groups in total. The molecule has 1 aromatic heterocycles. The van der Waals surface area contributed by atoms with E-state index in [9.17, 15) is 4.79 Å². The van der Waals surface area contributed by atoms with E-state index in [2.05, 4.69) is 26.6 Å². The fourth-order valence-electron chi connectivity index (χ4n) is 1.81. The van der Waals surface area contributed by atoms with Crippen LogP contribution in [-0.4, -0.2) is 27.8 Å². The zero-order valence-electron chi connectivity index (χ0n) is 13.3. The molecule has 0 radical (unpaired) electrons. The molecule has 0 spiro atoms. The fraction of sp³-hybridized carbons (Fsp3) is 0.250. The van der Waals surface area contributed by atoms with Gasteiger partial charge in [-0.1, -0.05) is 34.4 Å². The summed E-state index contributed by atoms with van der Waals surface area (Å²) >= 11 is 1.07. The number of hydrogen-bond acceptors (Lipinski definition) is 6. The highest BCUT2D eigenvalue weighted by atomic mass is 32.1. The molecule has 0 bridgehead atoms. The van der Waals surface area contributed by atoms with Crippen LogP contribution >= 0.6 is 11.5 Å². The van der Waals surface area contributed by atoms with E-state index in [0.29, 0.717) is 28.6 Å². The van der Waals surface area contributed by atoms with Gasteiger partial charge in [0.05, 0.1) is 17.1 Å². The number of carbonyl (C=O) groups is 1. The third kappa shape index (κ3) is 4.46. The van der Waals surface area contributed by atoms with Gasteiger partial charge in [0.15, 0.2) is 0 Å². The van der Waals surface area contributed by atoms with Gasteiger partial charge in [-0.05, 0) is 43.9 Å². The van der Waals surface area contributed by atoms with Crippen molar-refractivity contribution in [2.24, 2.45) is 5.16 Å². The van der Waals surface area contributed by atoms with E-state index in [4.69, 9.17) is 4.84 Å². The van der Waals surface area contributed by atoms with Gasteiger partial charge >= 0.3 is 0 Å². The molecule has 1 aromatic carbocycles. The van der Waals surface area contributed by atoms with Gasteiger partial charge in [0.1, 0.15) is 11.5 Å². The second-order valence-electron chi connectivity index (χ2n) is 5.09. The maximum absolute atomic E-state index is 12.3. The molecule has 1 heterocycles. The Kier molecular flexibility index (Phi) is 5.59. The number of anilines is 1. The number of rotatable bonds is 6. The van der Waals surface area contributed by atoms with Crippen LogP contribution < -0.4 is 5.32 Å². The molecule has 0 aliphatic rings. The summed E-state index contributed by atoms with van der Waals surface area (Å²) < 4.78 is 3.78.